The number of hydrogen-bond donors (Lipinski definition) is 0. The molecule has 1 fully saturated rings. The van der Waals surface area contributed by atoms with E-state index in [1.165, 1.54) is 0 Å². The van der Waals surface area contributed by atoms with E-state index in [0.717, 1.165) is 57.1 Å². The molecule has 2 heterocycles. The van der Waals surface area contributed by atoms with Crippen LogP contribution in [0, 0.1) is 5.92 Å². The highest BCUT2D eigenvalue weighted by Gasteiger charge is 2.17. The molecular formula is C14H22ClN3O. The molecule has 1 aliphatic rings. The van der Waals surface area contributed by atoms with Crippen LogP contribution in [0.3, 0.4) is 0 Å². The molecule has 0 bridgehead atoms. The lowest BCUT2D eigenvalue weighted by atomic mass is 10.00. The second-order valence-electron chi connectivity index (χ2n) is 5.15. The van der Waals surface area contributed by atoms with Gasteiger partial charge in [0.15, 0.2) is 0 Å². The van der Waals surface area contributed by atoms with E-state index < -0.39 is 0 Å². The Morgan fingerprint density at radius 2 is 2.11 bits per heavy atom. The molecular weight excluding hydrogens is 262 g/mol. The Balaban J connectivity index is 2.02. The third-order valence-corrected chi connectivity index (χ3v) is 3.66. The van der Waals surface area contributed by atoms with Crippen LogP contribution < -0.4 is 4.90 Å². The molecule has 0 amide bonds. The van der Waals surface area contributed by atoms with Crippen molar-refractivity contribution >= 4 is 17.4 Å². The van der Waals surface area contributed by atoms with Gasteiger partial charge in [-0.2, -0.15) is 0 Å². The van der Waals surface area contributed by atoms with Gasteiger partial charge >= 0.3 is 0 Å². The van der Waals surface area contributed by atoms with Crippen molar-refractivity contribution in [2.45, 2.75) is 32.6 Å². The smallest absolute Gasteiger partial charge is 0.134 e. The van der Waals surface area contributed by atoms with Gasteiger partial charge in [0, 0.05) is 39.3 Å². The number of hydrogen-bond acceptors (Lipinski definition) is 4. The summed E-state index contributed by atoms with van der Waals surface area (Å²) in [5.41, 5.74) is 0. The summed E-state index contributed by atoms with van der Waals surface area (Å²) >= 11 is 6.07. The average molecular weight is 284 g/mol. The molecule has 19 heavy (non-hydrogen) atoms. The largest absolute Gasteiger partial charge is 0.381 e. The van der Waals surface area contributed by atoms with Gasteiger partial charge in [-0.25, -0.2) is 9.97 Å². The van der Waals surface area contributed by atoms with Crippen molar-refractivity contribution in [3.8, 4) is 0 Å². The van der Waals surface area contributed by atoms with E-state index in [2.05, 4.69) is 28.8 Å². The Kier molecular flexibility index (Phi) is 5.40. The predicted molar refractivity (Wildman–Crippen MR) is 77.9 cm³/mol. The number of rotatable bonds is 5. The number of nitrogens with zero attached hydrogens (tertiary/aromatic N) is 3. The van der Waals surface area contributed by atoms with Crippen LogP contribution in [0.15, 0.2) is 6.07 Å². The molecule has 0 spiro atoms. The van der Waals surface area contributed by atoms with E-state index in [1.807, 2.05) is 6.07 Å². The molecule has 106 valence electrons. The zero-order chi connectivity index (χ0) is 13.7. The lowest BCUT2D eigenvalue weighted by molar-refractivity contribution is 0.0685. The third kappa shape index (κ3) is 4.32. The second kappa shape index (κ2) is 7.06. The molecule has 5 heteroatoms. The van der Waals surface area contributed by atoms with E-state index >= 15 is 0 Å². The number of ether oxygens (including phenoxy) is 1. The summed E-state index contributed by atoms with van der Waals surface area (Å²) in [4.78, 5) is 11.0. The fourth-order valence-corrected chi connectivity index (χ4v) is 2.59. The fraction of sp³-hybridized carbons (Fsp3) is 0.714. The first-order chi connectivity index (χ1) is 9.19. The lowest BCUT2D eigenvalue weighted by Gasteiger charge is -2.28. The normalized spacial score (nSPS) is 16.6. The minimum atomic E-state index is 0.535. The van der Waals surface area contributed by atoms with Crippen molar-refractivity contribution in [1.29, 1.82) is 0 Å². The Morgan fingerprint density at radius 1 is 1.37 bits per heavy atom. The molecule has 1 aromatic rings. The van der Waals surface area contributed by atoms with Gasteiger partial charge in [-0.1, -0.05) is 18.5 Å². The molecule has 0 N–H and O–H groups in total. The van der Waals surface area contributed by atoms with Crippen LogP contribution in [0.2, 0.25) is 5.15 Å². The van der Waals surface area contributed by atoms with E-state index in [1.54, 1.807) is 0 Å². The van der Waals surface area contributed by atoms with Gasteiger partial charge in [0.05, 0.1) is 0 Å². The van der Waals surface area contributed by atoms with Crippen molar-refractivity contribution in [3.05, 3.63) is 17.0 Å². The highest BCUT2D eigenvalue weighted by molar-refractivity contribution is 6.29. The molecule has 0 saturated carbocycles. The standard InChI is InChI=1S/C14H22ClN3O/c1-3-4-13-16-12(15)9-14(17-13)18(2)10-11-5-7-19-8-6-11/h9,11H,3-8,10H2,1-2H3. The maximum atomic E-state index is 6.07. The summed E-state index contributed by atoms with van der Waals surface area (Å²) in [6, 6.07) is 1.85. The van der Waals surface area contributed by atoms with Crippen LogP contribution in [0.5, 0.6) is 0 Å². The Bertz CT molecular complexity index is 408. The highest BCUT2D eigenvalue weighted by atomic mass is 35.5. The number of aryl methyl sites for hydroxylation is 1. The third-order valence-electron chi connectivity index (χ3n) is 3.47. The first-order valence-corrected chi connectivity index (χ1v) is 7.39. The molecule has 0 atom stereocenters. The molecule has 4 nitrogen and oxygen atoms in total. The van der Waals surface area contributed by atoms with E-state index in [4.69, 9.17) is 16.3 Å². The predicted octanol–water partition coefficient (Wildman–Crippen LogP) is 2.95. The van der Waals surface area contributed by atoms with Crippen LogP contribution in [-0.4, -0.2) is 36.8 Å². The molecule has 0 unspecified atom stereocenters. The van der Waals surface area contributed by atoms with Gasteiger partial charge in [-0.3, -0.25) is 0 Å². The van der Waals surface area contributed by atoms with Crippen molar-refractivity contribution < 1.29 is 4.74 Å². The SMILES string of the molecule is CCCc1nc(Cl)cc(N(C)CC2CCOCC2)n1. The van der Waals surface area contributed by atoms with Crippen LogP contribution in [0.4, 0.5) is 5.82 Å². The topological polar surface area (TPSA) is 38.2 Å². The summed E-state index contributed by atoms with van der Waals surface area (Å²) in [5, 5.41) is 0.535. The van der Waals surface area contributed by atoms with Gasteiger partial charge in [0.1, 0.15) is 16.8 Å². The van der Waals surface area contributed by atoms with E-state index in [0.29, 0.717) is 11.1 Å². The summed E-state index contributed by atoms with van der Waals surface area (Å²) in [5.74, 6) is 2.45. The average Bonchev–Trinajstić information content (AvgIpc) is 2.39. The van der Waals surface area contributed by atoms with E-state index in [9.17, 15) is 0 Å². The second-order valence-corrected chi connectivity index (χ2v) is 5.54. The maximum Gasteiger partial charge on any atom is 0.134 e. The zero-order valence-electron chi connectivity index (χ0n) is 11.7. The maximum absolute atomic E-state index is 6.07. The fourth-order valence-electron chi connectivity index (χ4n) is 2.39. The monoisotopic (exact) mass is 283 g/mol. The zero-order valence-corrected chi connectivity index (χ0v) is 12.5. The van der Waals surface area contributed by atoms with Gasteiger partial charge in [-0.05, 0) is 25.2 Å². The highest BCUT2D eigenvalue weighted by Crippen LogP contribution is 2.20. The first-order valence-electron chi connectivity index (χ1n) is 7.01. The molecule has 0 aromatic carbocycles. The Morgan fingerprint density at radius 3 is 2.79 bits per heavy atom. The summed E-state index contributed by atoms with van der Waals surface area (Å²) in [6.45, 7) is 4.88. The van der Waals surface area contributed by atoms with Crippen LogP contribution in [0.25, 0.3) is 0 Å². The first kappa shape index (κ1) is 14.5. The summed E-state index contributed by atoms with van der Waals surface area (Å²) < 4.78 is 5.39. The van der Waals surface area contributed by atoms with Gasteiger partial charge in [0.25, 0.3) is 0 Å². The molecule has 0 radical (unpaired) electrons. The minimum absolute atomic E-state index is 0.535. The van der Waals surface area contributed by atoms with E-state index in [-0.39, 0.29) is 0 Å². The van der Waals surface area contributed by atoms with Gasteiger partial charge < -0.3 is 9.64 Å². The van der Waals surface area contributed by atoms with Crippen LogP contribution in [0.1, 0.15) is 32.0 Å². The van der Waals surface area contributed by atoms with Gasteiger partial charge in [-0.15, -0.1) is 0 Å². The minimum Gasteiger partial charge on any atom is -0.381 e. The number of aromatic nitrogens is 2. The van der Waals surface area contributed by atoms with Crippen LogP contribution in [-0.2, 0) is 11.2 Å². The molecule has 1 aliphatic heterocycles. The molecule has 1 saturated heterocycles. The van der Waals surface area contributed by atoms with Gasteiger partial charge in [0.2, 0.25) is 0 Å². The van der Waals surface area contributed by atoms with Crippen LogP contribution >= 0.6 is 11.6 Å². The van der Waals surface area contributed by atoms with Crippen molar-refractivity contribution in [3.63, 3.8) is 0 Å². The molecule has 0 aliphatic carbocycles. The van der Waals surface area contributed by atoms with Crippen molar-refractivity contribution in [2.75, 3.05) is 31.7 Å². The Hall–Kier alpha value is -0.870. The number of anilines is 1. The quantitative estimate of drug-likeness (QED) is 0.779. The number of halogens is 1. The Labute approximate surface area is 120 Å². The lowest BCUT2D eigenvalue weighted by Crippen LogP contribution is -2.30. The van der Waals surface area contributed by atoms with Crippen molar-refractivity contribution in [2.24, 2.45) is 5.92 Å². The molecule has 2 rings (SSSR count). The van der Waals surface area contributed by atoms with Crippen molar-refractivity contribution in [1.82, 2.24) is 9.97 Å². The summed E-state index contributed by atoms with van der Waals surface area (Å²) in [6.07, 6.45) is 4.16. The molecule has 1 aromatic heterocycles. The summed E-state index contributed by atoms with van der Waals surface area (Å²) in [7, 11) is 2.07.